The molecule has 1 saturated heterocycles. The first-order valence-electron chi connectivity index (χ1n) is 11.2. The van der Waals surface area contributed by atoms with Gasteiger partial charge in [-0.15, -0.1) is 0 Å². The number of piperidine rings is 1. The highest BCUT2D eigenvalue weighted by Crippen LogP contribution is 2.27. The molecule has 0 spiro atoms. The molecule has 32 heavy (non-hydrogen) atoms. The topological polar surface area (TPSA) is 101 Å². The summed E-state index contributed by atoms with van der Waals surface area (Å²) < 4.78 is 11.0. The maximum Gasteiger partial charge on any atom is 0.224 e. The Morgan fingerprint density at radius 1 is 1.19 bits per heavy atom. The lowest BCUT2D eigenvalue weighted by Gasteiger charge is -2.31. The number of aryl methyl sites for hydroxylation is 1. The molecule has 0 atom stereocenters. The minimum atomic E-state index is -0.0638. The summed E-state index contributed by atoms with van der Waals surface area (Å²) in [5, 5.41) is 5.76. The summed E-state index contributed by atoms with van der Waals surface area (Å²) in [6.45, 7) is 2.07. The molecule has 2 aliphatic heterocycles. The van der Waals surface area contributed by atoms with Gasteiger partial charge in [0.2, 0.25) is 17.7 Å². The fourth-order valence-corrected chi connectivity index (χ4v) is 4.14. The number of rotatable bonds is 8. The number of furan rings is 1. The van der Waals surface area contributed by atoms with E-state index >= 15 is 0 Å². The third-order valence-electron chi connectivity index (χ3n) is 6.01. The molecule has 170 valence electrons. The van der Waals surface area contributed by atoms with Gasteiger partial charge in [-0.3, -0.25) is 14.4 Å². The smallest absolute Gasteiger partial charge is 0.224 e. The van der Waals surface area contributed by atoms with Crippen molar-refractivity contribution in [1.82, 2.24) is 10.2 Å². The van der Waals surface area contributed by atoms with Crippen LogP contribution >= 0.6 is 0 Å². The second kappa shape index (κ2) is 10.3. The number of ether oxygens (including phenoxy) is 1. The van der Waals surface area contributed by atoms with Gasteiger partial charge in [-0.25, -0.2) is 0 Å². The minimum Gasteiger partial charge on any atom is -0.494 e. The number of fused-ring (bicyclic) bond motifs is 1. The van der Waals surface area contributed by atoms with Crippen molar-refractivity contribution < 1.29 is 23.5 Å². The van der Waals surface area contributed by atoms with Gasteiger partial charge in [0, 0.05) is 37.5 Å². The average molecular weight is 440 g/mol. The molecule has 0 unspecified atom stereocenters. The molecule has 0 saturated carbocycles. The molecule has 2 aliphatic rings. The first kappa shape index (κ1) is 21.9. The van der Waals surface area contributed by atoms with Crippen molar-refractivity contribution in [3.05, 3.63) is 47.9 Å². The Labute approximate surface area is 187 Å². The Morgan fingerprint density at radius 2 is 2.03 bits per heavy atom. The number of likely N-dealkylation sites (tertiary alicyclic amines) is 1. The van der Waals surface area contributed by atoms with Gasteiger partial charge in [0.25, 0.3) is 0 Å². The summed E-state index contributed by atoms with van der Waals surface area (Å²) in [7, 11) is 0. The van der Waals surface area contributed by atoms with Crippen molar-refractivity contribution >= 4 is 23.4 Å². The zero-order chi connectivity index (χ0) is 22.3. The molecule has 4 rings (SSSR count). The summed E-state index contributed by atoms with van der Waals surface area (Å²) in [4.78, 5) is 38.1. The molecule has 2 N–H and O–H groups in total. The summed E-state index contributed by atoms with van der Waals surface area (Å²) >= 11 is 0. The number of carbonyl (C=O) groups excluding carboxylic acids is 3. The van der Waals surface area contributed by atoms with Crippen molar-refractivity contribution in [3.8, 4) is 5.75 Å². The number of nitrogens with one attached hydrogen (secondary N) is 2. The molecule has 0 radical (unpaired) electrons. The van der Waals surface area contributed by atoms with E-state index in [1.54, 1.807) is 12.3 Å². The SMILES string of the molecule is O=C1CCc2cc(OCCCC(=O)N3CCC(C(=O)NCc4ccco4)CC3)ccc2N1. The summed E-state index contributed by atoms with van der Waals surface area (Å²) in [6, 6.07) is 9.29. The van der Waals surface area contributed by atoms with E-state index < -0.39 is 0 Å². The standard InChI is InChI=1S/C24H29N3O5/c28-22-8-5-18-15-19(6-7-21(18)26-22)31-14-2-4-23(29)27-11-9-17(10-12-27)24(30)25-16-20-3-1-13-32-20/h1,3,6-7,13,15,17H,2,4-5,8-12,14,16H2,(H,25,30)(H,26,28). The molecule has 8 heteroatoms. The van der Waals surface area contributed by atoms with E-state index in [1.165, 1.54) is 0 Å². The molecule has 0 bridgehead atoms. The zero-order valence-corrected chi connectivity index (χ0v) is 18.1. The third-order valence-corrected chi connectivity index (χ3v) is 6.01. The van der Waals surface area contributed by atoms with Crippen molar-refractivity contribution in [1.29, 1.82) is 0 Å². The molecule has 1 fully saturated rings. The van der Waals surface area contributed by atoms with Gasteiger partial charge in [-0.05, 0) is 61.6 Å². The minimum absolute atomic E-state index is 0.0199. The lowest BCUT2D eigenvalue weighted by molar-refractivity contribution is -0.135. The van der Waals surface area contributed by atoms with Crippen LogP contribution in [0.2, 0.25) is 0 Å². The van der Waals surface area contributed by atoms with Crippen LogP contribution in [0, 0.1) is 5.92 Å². The van der Waals surface area contributed by atoms with E-state index in [-0.39, 0.29) is 23.6 Å². The van der Waals surface area contributed by atoms with Crippen LogP contribution in [0.15, 0.2) is 41.0 Å². The lowest BCUT2D eigenvalue weighted by Crippen LogP contribution is -2.42. The highest BCUT2D eigenvalue weighted by molar-refractivity contribution is 5.94. The number of carbonyl (C=O) groups is 3. The Balaban J connectivity index is 1.13. The molecule has 1 aromatic heterocycles. The fraction of sp³-hybridized carbons (Fsp3) is 0.458. The van der Waals surface area contributed by atoms with Crippen LogP contribution < -0.4 is 15.4 Å². The van der Waals surface area contributed by atoms with Gasteiger partial charge in [-0.1, -0.05) is 0 Å². The van der Waals surface area contributed by atoms with E-state index in [2.05, 4.69) is 10.6 Å². The normalized spacial score (nSPS) is 16.2. The number of hydrogen-bond acceptors (Lipinski definition) is 5. The third kappa shape index (κ3) is 5.69. The predicted molar refractivity (Wildman–Crippen MR) is 118 cm³/mol. The number of hydrogen-bond donors (Lipinski definition) is 2. The highest BCUT2D eigenvalue weighted by atomic mass is 16.5. The van der Waals surface area contributed by atoms with Crippen LogP contribution in [-0.2, 0) is 27.3 Å². The van der Waals surface area contributed by atoms with Crippen LogP contribution in [0.25, 0.3) is 0 Å². The van der Waals surface area contributed by atoms with E-state index in [0.717, 1.165) is 22.8 Å². The van der Waals surface area contributed by atoms with E-state index in [1.807, 2.05) is 29.2 Å². The predicted octanol–water partition coefficient (Wildman–Crippen LogP) is 2.88. The maximum absolute atomic E-state index is 12.5. The number of benzene rings is 1. The number of amides is 3. The van der Waals surface area contributed by atoms with Gasteiger partial charge in [0.15, 0.2) is 0 Å². The first-order chi connectivity index (χ1) is 15.6. The largest absolute Gasteiger partial charge is 0.494 e. The lowest BCUT2D eigenvalue weighted by atomic mass is 9.95. The van der Waals surface area contributed by atoms with Gasteiger partial charge >= 0.3 is 0 Å². The first-order valence-corrected chi connectivity index (χ1v) is 11.2. The Kier molecular flexibility index (Phi) is 7.09. The molecule has 1 aromatic carbocycles. The van der Waals surface area contributed by atoms with Gasteiger partial charge in [0.05, 0.1) is 19.4 Å². The second-order valence-electron chi connectivity index (χ2n) is 8.27. The van der Waals surface area contributed by atoms with Crippen LogP contribution in [0.5, 0.6) is 5.75 Å². The van der Waals surface area contributed by atoms with Crippen molar-refractivity contribution in [2.45, 2.75) is 45.1 Å². The van der Waals surface area contributed by atoms with Gasteiger partial charge in [0.1, 0.15) is 11.5 Å². The summed E-state index contributed by atoms with van der Waals surface area (Å²) in [5.74, 6) is 1.60. The second-order valence-corrected chi connectivity index (χ2v) is 8.27. The van der Waals surface area contributed by atoms with Crippen LogP contribution in [-0.4, -0.2) is 42.3 Å². The fourth-order valence-electron chi connectivity index (χ4n) is 4.14. The Morgan fingerprint density at radius 3 is 2.81 bits per heavy atom. The Bertz CT molecular complexity index is 949. The van der Waals surface area contributed by atoms with Crippen molar-refractivity contribution in [3.63, 3.8) is 0 Å². The van der Waals surface area contributed by atoms with E-state index in [9.17, 15) is 14.4 Å². The number of anilines is 1. The van der Waals surface area contributed by atoms with Gasteiger partial charge < -0.3 is 24.7 Å². The zero-order valence-electron chi connectivity index (χ0n) is 18.1. The number of nitrogens with zero attached hydrogens (tertiary/aromatic N) is 1. The van der Waals surface area contributed by atoms with Crippen LogP contribution in [0.3, 0.4) is 0 Å². The molecule has 2 aromatic rings. The monoisotopic (exact) mass is 439 g/mol. The quantitative estimate of drug-likeness (QED) is 0.616. The van der Waals surface area contributed by atoms with Gasteiger partial charge in [-0.2, -0.15) is 0 Å². The van der Waals surface area contributed by atoms with Crippen LogP contribution in [0.1, 0.15) is 43.4 Å². The molecule has 8 nitrogen and oxygen atoms in total. The average Bonchev–Trinajstić information content (AvgIpc) is 3.34. The molecule has 3 heterocycles. The Hall–Kier alpha value is -3.29. The summed E-state index contributed by atoms with van der Waals surface area (Å²) in [5.41, 5.74) is 1.93. The maximum atomic E-state index is 12.5. The molecular weight excluding hydrogens is 410 g/mol. The van der Waals surface area contributed by atoms with Crippen molar-refractivity contribution in [2.24, 2.45) is 5.92 Å². The van der Waals surface area contributed by atoms with E-state index in [0.29, 0.717) is 64.8 Å². The molecule has 3 amide bonds. The highest BCUT2D eigenvalue weighted by Gasteiger charge is 2.27. The summed E-state index contributed by atoms with van der Waals surface area (Å²) in [6.07, 6.45) is 5.22. The van der Waals surface area contributed by atoms with Crippen molar-refractivity contribution in [2.75, 3.05) is 25.0 Å². The van der Waals surface area contributed by atoms with E-state index in [4.69, 9.17) is 9.15 Å². The molecule has 0 aliphatic carbocycles. The van der Waals surface area contributed by atoms with Crippen LogP contribution in [0.4, 0.5) is 5.69 Å². The molecular formula is C24H29N3O5.